The highest BCUT2D eigenvalue weighted by Gasteiger charge is 2.47. The Morgan fingerprint density at radius 1 is 0.933 bits per heavy atom. The summed E-state index contributed by atoms with van der Waals surface area (Å²) in [4.78, 5) is 12.9. The van der Waals surface area contributed by atoms with Gasteiger partial charge >= 0.3 is 5.63 Å². The summed E-state index contributed by atoms with van der Waals surface area (Å²) in [5, 5.41) is 1.43. The van der Waals surface area contributed by atoms with Crippen molar-refractivity contribution in [2.75, 3.05) is 0 Å². The summed E-state index contributed by atoms with van der Waals surface area (Å²) in [7, 11) is -2.09. The van der Waals surface area contributed by atoms with Crippen LogP contribution in [-0.4, -0.2) is 8.32 Å². The first-order valence-corrected chi connectivity index (χ1v) is 13.1. The Morgan fingerprint density at radius 2 is 1.53 bits per heavy atom. The van der Waals surface area contributed by atoms with Gasteiger partial charge in [0, 0.05) is 22.0 Å². The molecule has 1 aromatic heterocycles. The molecule has 0 aliphatic heterocycles. The summed E-state index contributed by atoms with van der Waals surface area (Å²) in [6, 6.07) is 13.2. The lowest BCUT2D eigenvalue weighted by atomic mass is 9.99. The van der Waals surface area contributed by atoms with Gasteiger partial charge in [0.2, 0.25) is 0 Å². The average molecular weight is 443 g/mol. The van der Waals surface area contributed by atoms with E-state index in [4.69, 9.17) is 20.4 Å². The van der Waals surface area contributed by atoms with Crippen molar-refractivity contribution in [2.24, 2.45) is 0 Å². The molecule has 0 N–H and O–H groups in total. The lowest BCUT2D eigenvalue weighted by Crippen LogP contribution is -2.50. The van der Waals surface area contributed by atoms with Crippen LogP contribution in [0.5, 0.6) is 5.75 Å². The number of rotatable bonds is 6. The van der Waals surface area contributed by atoms with Crippen molar-refractivity contribution in [1.29, 1.82) is 0 Å². The lowest BCUT2D eigenvalue weighted by molar-refractivity contribution is 0.478. The van der Waals surface area contributed by atoms with Crippen molar-refractivity contribution in [3.05, 3.63) is 63.5 Å². The number of halogens is 1. The molecule has 0 fully saturated rings. The lowest BCUT2D eigenvalue weighted by Gasteiger charge is -2.42. The third-order valence-electron chi connectivity index (χ3n) is 6.28. The minimum atomic E-state index is -2.09. The standard InChI is InChI=1S/C25H31ClO3Si/c1-15(2)30(16(3)4,17(5)6)29-19-12-13-20-18(7)24(25(27)28-23(20)14-19)21-10-8-9-11-22(21)26/h8-17H,1-7H3. The van der Waals surface area contributed by atoms with Crippen LogP contribution in [0.2, 0.25) is 21.6 Å². The second-order valence-corrected chi connectivity index (χ2v) is 14.7. The molecule has 0 saturated carbocycles. The summed E-state index contributed by atoms with van der Waals surface area (Å²) >= 11 is 6.34. The van der Waals surface area contributed by atoms with Crippen molar-refractivity contribution in [2.45, 2.75) is 65.1 Å². The molecule has 2 aromatic carbocycles. The van der Waals surface area contributed by atoms with Gasteiger partial charge in [-0.25, -0.2) is 4.79 Å². The number of fused-ring (bicyclic) bond motifs is 1. The number of benzene rings is 2. The fourth-order valence-electron chi connectivity index (χ4n) is 4.93. The van der Waals surface area contributed by atoms with Gasteiger partial charge in [-0.05, 0) is 47.3 Å². The summed E-state index contributed by atoms with van der Waals surface area (Å²) in [6.45, 7) is 15.5. The smallest absolute Gasteiger partial charge is 0.344 e. The van der Waals surface area contributed by atoms with Gasteiger partial charge in [-0.15, -0.1) is 0 Å². The molecule has 0 spiro atoms. The van der Waals surface area contributed by atoms with Gasteiger partial charge in [-0.2, -0.15) is 0 Å². The highest BCUT2D eigenvalue weighted by atomic mass is 35.5. The SMILES string of the molecule is Cc1c(-c2ccccc2Cl)c(=O)oc2cc(O[Si](C(C)C)(C(C)C)C(C)C)ccc12. The van der Waals surface area contributed by atoms with Gasteiger partial charge in [0.1, 0.15) is 11.3 Å². The first kappa shape index (κ1) is 22.6. The molecule has 0 radical (unpaired) electrons. The van der Waals surface area contributed by atoms with E-state index >= 15 is 0 Å². The van der Waals surface area contributed by atoms with Gasteiger partial charge in [-0.1, -0.05) is 71.3 Å². The molecule has 3 nitrogen and oxygen atoms in total. The van der Waals surface area contributed by atoms with E-state index in [2.05, 4.69) is 41.5 Å². The molecule has 3 aromatic rings. The van der Waals surface area contributed by atoms with E-state index < -0.39 is 8.32 Å². The quantitative estimate of drug-likeness (QED) is 0.287. The van der Waals surface area contributed by atoms with Crippen LogP contribution in [0.25, 0.3) is 22.1 Å². The molecule has 160 valence electrons. The van der Waals surface area contributed by atoms with Crippen LogP contribution in [-0.2, 0) is 0 Å². The van der Waals surface area contributed by atoms with Crippen LogP contribution in [0.3, 0.4) is 0 Å². The van der Waals surface area contributed by atoms with Crippen molar-refractivity contribution < 1.29 is 8.84 Å². The minimum Gasteiger partial charge on any atom is -0.543 e. The fraction of sp³-hybridized carbons (Fsp3) is 0.400. The maximum Gasteiger partial charge on any atom is 0.344 e. The second kappa shape index (κ2) is 8.60. The van der Waals surface area contributed by atoms with Crippen LogP contribution in [0.15, 0.2) is 51.7 Å². The first-order valence-electron chi connectivity index (χ1n) is 10.6. The highest BCUT2D eigenvalue weighted by molar-refractivity contribution is 6.78. The van der Waals surface area contributed by atoms with Gasteiger partial charge < -0.3 is 8.84 Å². The molecule has 0 aliphatic rings. The third-order valence-corrected chi connectivity index (χ3v) is 12.6. The first-order chi connectivity index (χ1) is 14.1. The molecular formula is C25H31ClO3Si. The van der Waals surface area contributed by atoms with E-state index in [-0.39, 0.29) is 5.63 Å². The summed E-state index contributed by atoms with van der Waals surface area (Å²) in [5.41, 5.74) is 3.62. The van der Waals surface area contributed by atoms with E-state index in [0.717, 1.165) is 16.7 Å². The van der Waals surface area contributed by atoms with Crippen molar-refractivity contribution in [1.82, 2.24) is 0 Å². The molecule has 3 rings (SSSR count). The normalized spacial score (nSPS) is 12.4. The van der Waals surface area contributed by atoms with Crippen molar-refractivity contribution in [3.63, 3.8) is 0 Å². The zero-order chi connectivity index (χ0) is 22.2. The Morgan fingerprint density at radius 3 is 2.10 bits per heavy atom. The van der Waals surface area contributed by atoms with Gasteiger partial charge in [0.05, 0.1) is 5.56 Å². The Kier molecular flexibility index (Phi) is 6.49. The summed E-state index contributed by atoms with van der Waals surface area (Å²) in [6.07, 6.45) is 0. The molecule has 0 amide bonds. The average Bonchev–Trinajstić information content (AvgIpc) is 2.66. The van der Waals surface area contributed by atoms with Crippen LogP contribution >= 0.6 is 11.6 Å². The van der Waals surface area contributed by atoms with E-state index in [0.29, 0.717) is 38.4 Å². The number of hydrogen-bond donors (Lipinski definition) is 0. The highest BCUT2D eigenvalue weighted by Crippen LogP contribution is 2.43. The van der Waals surface area contributed by atoms with E-state index in [1.807, 2.05) is 43.3 Å². The molecule has 0 saturated heterocycles. The molecule has 0 atom stereocenters. The summed E-state index contributed by atoms with van der Waals surface area (Å²) < 4.78 is 12.5. The molecule has 1 heterocycles. The van der Waals surface area contributed by atoms with E-state index in [1.165, 1.54) is 0 Å². The second-order valence-electron chi connectivity index (χ2n) is 8.95. The van der Waals surface area contributed by atoms with Crippen LogP contribution in [0.1, 0.15) is 47.1 Å². The zero-order valence-corrected chi connectivity index (χ0v) is 20.6. The maximum absolute atomic E-state index is 12.9. The van der Waals surface area contributed by atoms with Crippen LogP contribution in [0, 0.1) is 6.92 Å². The Balaban J connectivity index is 2.14. The Bertz CT molecular complexity index is 1090. The minimum absolute atomic E-state index is 0.384. The van der Waals surface area contributed by atoms with Gasteiger partial charge in [0.25, 0.3) is 8.32 Å². The molecule has 0 unspecified atom stereocenters. The number of aryl methyl sites for hydroxylation is 1. The van der Waals surface area contributed by atoms with Crippen LogP contribution in [0.4, 0.5) is 0 Å². The predicted octanol–water partition coefficient (Wildman–Crippen LogP) is 7.98. The Hall–Kier alpha value is -2.04. The van der Waals surface area contributed by atoms with Crippen molar-refractivity contribution in [3.8, 4) is 16.9 Å². The van der Waals surface area contributed by atoms with Crippen molar-refractivity contribution >= 4 is 30.9 Å². The molecule has 0 bridgehead atoms. The van der Waals surface area contributed by atoms with E-state index in [1.54, 1.807) is 6.07 Å². The van der Waals surface area contributed by atoms with Gasteiger partial charge in [-0.3, -0.25) is 0 Å². The van der Waals surface area contributed by atoms with Gasteiger partial charge in [0.15, 0.2) is 0 Å². The summed E-state index contributed by atoms with van der Waals surface area (Å²) in [5.74, 6) is 0.776. The molecule has 5 heteroatoms. The molecule has 0 aliphatic carbocycles. The van der Waals surface area contributed by atoms with Crippen LogP contribution < -0.4 is 10.1 Å². The number of hydrogen-bond acceptors (Lipinski definition) is 3. The molecular weight excluding hydrogens is 412 g/mol. The third kappa shape index (κ3) is 3.83. The van der Waals surface area contributed by atoms with E-state index in [9.17, 15) is 4.79 Å². The maximum atomic E-state index is 12.9. The molecule has 30 heavy (non-hydrogen) atoms. The zero-order valence-electron chi connectivity index (χ0n) is 18.9. The fourth-order valence-corrected chi connectivity index (χ4v) is 10.4. The predicted molar refractivity (Wildman–Crippen MR) is 129 cm³/mol. The monoisotopic (exact) mass is 442 g/mol. The Labute approximate surface area is 185 Å². The topological polar surface area (TPSA) is 39.4 Å². The largest absolute Gasteiger partial charge is 0.543 e.